The number of morpholine rings is 1. The Morgan fingerprint density at radius 2 is 2.13 bits per heavy atom. The number of amides is 1. The molecule has 23 heavy (non-hydrogen) atoms. The van der Waals surface area contributed by atoms with Crippen LogP contribution in [0.25, 0.3) is 0 Å². The van der Waals surface area contributed by atoms with Crippen LogP contribution in [0, 0.1) is 5.82 Å². The predicted molar refractivity (Wildman–Crippen MR) is 78.1 cm³/mol. The maximum absolute atomic E-state index is 13.6. The zero-order chi connectivity index (χ0) is 17.2. The molecule has 0 saturated carbocycles. The number of halogens is 1. The molecule has 1 aromatic carbocycles. The normalized spacial score (nSPS) is 18.5. The van der Waals surface area contributed by atoms with Crippen LogP contribution >= 0.6 is 0 Å². The molecule has 2 rings (SSSR count). The Morgan fingerprint density at radius 3 is 2.74 bits per heavy atom. The number of hydrogen-bond acceptors (Lipinski definition) is 5. The van der Waals surface area contributed by atoms with Gasteiger partial charge in [-0.3, -0.25) is 9.52 Å². The molecule has 0 aromatic heterocycles. The summed E-state index contributed by atoms with van der Waals surface area (Å²) in [5.74, 6) is -2.53. The van der Waals surface area contributed by atoms with Crippen LogP contribution in [-0.4, -0.2) is 62.4 Å². The average molecular weight is 346 g/mol. The van der Waals surface area contributed by atoms with E-state index in [1.165, 1.54) is 11.0 Å². The maximum atomic E-state index is 13.6. The van der Waals surface area contributed by atoms with Crippen molar-refractivity contribution in [2.24, 2.45) is 0 Å². The van der Waals surface area contributed by atoms with Gasteiger partial charge in [0, 0.05) is 12.1 Å². The van der Waals surface area contributed by atoms with E-state index in [9.17, 15) is 22.4 Å². The SMILES string of the molecule is CS(=O)(=O)Nc1cc(C(=O)N2CCOC(C(=O)O)C2)ccc1F. The molecule has 0 aliphatic carbocycles. The number of anilines is 1. The van der Waals surface area contributed by atoms with Gasteiger partial charge in [0.15, 0.2) is 6.10 Å². The van der Waals surface area contributed by atoms with Crippen molar-refractivity contribution in [2.75, 3.05) is 30.7 Å². The first-order valence-electron chi connectivity index (χ1n) is 6.58. The molecule has 1 aromatic rings. The van der Waals surface area contributed by atoms with Crippen LogP contribution in [0.3, 0.4) is 0 Å². The molecule has 0 bridgehead atoms. The van der Waals surface area contributed by atoms with Gasteiger partial charge in [0.05, 0.1) is 25.1 Å². The molecule has 10 heteroatoms. The molecular weight excluding hydrogens is 331 g/mol. The van der Waals surface area contributed by atoms with Gasteiger partial charge in [-0.15, -0.1) is 0 Å². The molecule has 126 valence electrons. The van der Waals surface area contributed by atoms with Gasteiger partial charge in [0.2, 0.25) is 10.0 Å². The summed E-state index contributed by atoms with van der Waals surface area (Å²) in [5.41, 5.74) is -0.301. The van der Waals surface area contributed by atoms with Crippen molar-refractivity contribution in [3.63, 3.8) is 0 Å². The molecule has 1 aliphatic heterocycles. The molecule has 1 amide bonds. The number of rotatable bonds is 4. The lowest BCUT2D eigenvalue weighted by molar-refractivity contribution is -0.154. The lowest BCUT2D eigenvalue weighted by Crippen LogP contribution is -2.48. The number of carboxylic acids is 1. The highest BCUT2D eigenvalue weighted by molar-refractivity contribution is 7.92. The second-order valence-electron chi connectivity index (χ2n) is 5.02. The van der Waals surface area contributed by atoms with Gasteiger partial charge in [-0.05, 0) is 18.2 Å². The summed E-state index contributed by atoms with van der Waals surface area (Å²) in [4.78, 5) is 24.6. The summed E-state index contributed by atoms with van der Waals surface area (Å²) in [6.45, 7) is 0.119. The van der Waals surface area contributed by atoms with Gasteiger partial charge < -0.3 is 14.7 Å². The van der Waals surface area contributed by atoms with E-state index in [1.807, 2.05) is 4.72 Å². The Bertz CT molecular complexity index is 736. The van der Waals surface area contributed by atoms with Gasteiger partial charge in [0.1, 0.15) is 5.82 Å². The van der Waals surface area contributed by atoms with Crippen molar-refractivity contribution in [3.8, 4) is 0 Å². The molecule has 1 aliphatic rings. The molecule has 1 fully saturated rings. The summed E-state index contributed by atoms with van der Waals surface area (Å²) in [5, 5.41) is 8.93. The molecule has 1 unspecified atom stereocenters. The average Bonchev–Trinajstić information content (AvgIpc) is 2.47. The van der Waals surface area contributed by atoms with E-state index in [1.54, 1.807) is 0 Å². The summed E-state index contributed by atoms with van der Waals surface area (Å²) >= 11 is 0. The minimum atomic E-state index is -3.70. The zero-order valence-corrected chi connectivity index (χ0v) is 13.0. The monoisotopic (exact) mass is 346 g/mol. The van der Waals surface area contributed by atoms with Gasteiger partial charge in [0.25, 0.3) is 5.91 Å². The number of nitrogens with zero attached hydrogens (tertiary/aromatic N) is 1. The van der Waals surface area contributed by atoms with Crippen molar-refractivity contribution in [1.29, 1.82) is 0 Å². The van der Waals surface area contributed by atoms with Crippen LogP contribution in [-0.2, 0) is 19.6 Å². The molecule has 1 saturated heterocycles. The minimum Gasteiger partial charge on any atom is -0.479 e. The standard InChI is InChI=1S/C13H15FN2O6S/c1-23(20,21)15-10-6-8(2-3-9(10)14)12(17)16-4-5-22-11(7-16)13(18)19/h2-3,6,11,15H,4-5,7H2,1H3,(H,18,19). The molecule has 1 atom stereocenters. The van der Waals surface area contributed by atoms with Crippen molar-refractivity contribution >= 4 is 27.6 Å². The number of carbonyl (C=O) groups excluding carboxylic acids is 1. The molecule has 2 N–H and O–H groups in total. The van der Waals surface area contributed by atoms with E-state index < -0.39 is 33.8 Å². The number of ether oxygens (including phenoxy) is 1. The van der Waals surface area contributed by atoms with Crippen LogP contribution < -0.4 is 4.72 Å². The fraction of sp³-hybridized carbons (Fsp3) is 0.385. The first kappa shape index (κ1) is 17.2. The third-order valence-corrected chi connectivity index (χ3v) is 3.73. The summed E-state index contributed by atoms with van der Waals surface area (Å²) in [7, 11) is -3.70. The Kier molecular flexibility index (Phi) is 4.85. The zero-order valence-electron chi connectivity index (χ0n) is 12.2. The van der Waals surface area contributed by atoms with E-state index in [0.29, 0.717) is 0 Å². The Hall–Kier alpha value is -2.20. The highest BCUT2D eigenvalue weighted by atomic mass is 32.2. The fourth-order valence-electron chi connectivity index (χ4n) is 2.10. The van der Waals surface area contributed by atoms with Gasteiger partial charge in [-0.2, -0.15) is 0 Å². The van der Waals surface area contributed by atoms with Crippen molar-refractivity contribution in [1.82, 2.24) is 4.90 Å². The van der Waals surface area contributed by atoms with Crippen LogP contribution in [0.2, 0.25) is 0 Å². The van der Waals surface area contributed by atoms with Crippen LogP contribution in [0.1, 0.15) is 10.4 Å². The summed E-state index contributed by atoms with van der Waals surface area (Å²) in [6, 6.07) is 3.25. The van der Waals surface area contributed by atoms with E-state index in [4.69, 9.17) is 9.84 Å². The van der Waals surface area contributed by atoms with E-state index >= 15 is 0 Å². The Balaban J connectivity index is 2.22. The topological polar surface area (TPSA) is 113 Å². The lowest BCUT2D eigenvalue weighted by atomic mass is 10.1. The second-order valence-corrected chi connectivity index (χ2v) is 6.77. The second kappa shape index (κ2) is 6.50. The molecule has 0 spiro atoms. The van der Waals surface area contributed by atoms with Gasteiger partial charge >= 0.3 is 5.97 Å². The number of aliphatic carboxylic acids is 1. The molecule has 0 radical (unpaired) electrons. The van der Waals surface area contributed by atoms with Crippen LogP contribution in [0.15, 0.2) is 18.2 Å². The number of benzene rings is 1. The highest BCUT2D eigenvalue weighted by Crippen LogP contribution is 2.19. The quantitative estimate of drug-likeness (QED) is 0.801. The third kappa shape index (κ3) is 4.39. The highest BCUT2D eigenvalue weighted by Gasteiger charge is 2.29. The lowest BCUT2D eigenvalue weighted by Gasteiger charge is -2.31. The van der Waals surface area contributed by atoms with Crippen molar-refractivity contribution in [3.05, 3.63) is 29.6 Å². The minimum absolute atomic E-state index is 0.0450. The van der Waals surface area contributed by atoms with Gasteiger partial charge in [-0.25, -0.2) is 17.6 Å². The smallest absolute Gasteiger partial charge is 0.334 e. The number of carboxylic acid groups (broad SMARTS) is 1. The van der Waals surface area contributed by atoms with E-state index in [0.717, 1.165) is 18.4 Å². The van der Waals surface area contributed by atoms with Crippen molar-refractivity contribution < 1.29 is 32.2 Å². The van der Waals surface area contributed by atoms with Crippen molar-refractivity contribution in [2.45, 2.75) is 6.10 Å². The summed E-state index contributed by atoms with van der Waals surface area (Å²) < 4.78 is 43.0. The predicted octanol–water partition coefficient (Wildman–Crippen LogP) is 0.123. The number of sulfonamides is 1. The first-order chi connectivity index (χ1) is 10.7. The maximum Gasteiger partial charge on any atom is 0.334 e. The first-order valence-corrected chi connectivity index (χ1v) is 8.47. The van der Waals surface area contributed by atoms with Crippen LogP contribution in [0.5, 0.6) is 0 Å². The molecule has 1 heterocycles. The number of carbonyl (C=O) groups is 2. The summed E-state index contributed by atoms with van der Waals surface area (Å²) in [6.07, 6.45) is -0.262. The number of nitrogens with one attached hydrogen (secondary N) is 1. The van der Waals surface area contributed by atoms with Gasteiger partial charge in [-0.1, -0.05) is 0 Å². The Morgan fingerprint density at radius 1 is 1.43 bits per heavy atom. The third-order valence-electron chi connectivity index (χ3n) is 3.14. The number of hydrogen-bond donors (Lipinski definition) is 2. The van der Waals surface area contributed by atoms with Crippen LogP contribution in [0.4, 0.5) is 10.1 Å². The largest absolute Gasteiger partial charge is 0.479 e. The van der Waals surface area contributed by atoms with E-state index in [-0.39, 0.29) is 30.9 Å². The molecule has 8 nitrogen and oxygen atoms in total. The fourth-order valence-corrected chi connectivity index (χ4v) is 2.66. The van der Waals surface area contributed by atoms with E-state index in [2.05, 4.69) is 0 Å². The molecular formula is C13H15FN2O6S. The Labute approximate surface area is 131 Å².